The average Bonchev–Trinajstić information content (AvgIpc) is 3.33. The van der Waals surface area contributed by atoms with Crippen LogP contribution in [0.1, 0.15) is 35.1 Å². The summed E-state index contributed by atoms with van der Waals surface area (Å²) in [6.07, 6.45) is 16.0. The monoisotopic (exact) mass is 872 g/mol. The Hall–Kier alpha value is -6.50. The summed E-state index contributed by atoms with van der Waals surface area (Å²) in [6, 6.07) is 27.7. The standard InChI is InChI=1S/C52H64N4O8/c1-59-45-35-43(36-46(60-2)51(45)63-5)23-13-15-25-49(57)55(39-41-19-9-7-10-20-41)29-17-27-53-31-33-54(34-32-53)28-18-30-56(40-42-21-11-8-12-22-42)50(58)26-16-14-24-44-37-47(61-3)52(64-6)48(38-44)62-4/h7-16,19-26,35-38H,17-18,27-34,39-40H2,1-6H3/b23-13+,24-14+,25-15+,26-16+. The number of carbonyl (C=O) groups is 2. The number of rotatable bonds is 24. The number of piperazine rings is 1. The van der Waals surface area contributed by atoms with Gasteiger partial charge in [-0.3, -0.25) is 9.59 Å². The Morgan fingerprint density at radius 3 is 1.16 bits per heavy atom. The Morgan fingerprint density at radius 2 is 0.844 bits per heavy atom. The zero-order valence-electron chi connectivity index (χ0n) is 38.2. The fraction of sp³-hybridized carbons (Fsp3) is 0.346. The van der Waals surface area contributed by atoms with Gasteiger partial charge in [0.05, 0.1) is 42.7 Å². The van der Waals surface area contributed by atoms with Crippen molar-refractivity contribution in [2.75, 3.05) is 95.0 Å². The first-order valence-electron chi connectivity index (χ1n) is 21.7. The highest BCUT2D eigenvalue weighted by molar-refractivity contribution is 5.88. The van der Waals surface area contributed by atoms with E-state index in [0.717, 1.165) is 74.4 Å². The maximum absolute atomic E-state index is 13.5. The lowest BCUT2D eigenvalue weighted by Crippen LogP contribution is -2.47. The summed E-state index contributed by atoms with van der Waals surface area (Å²) in [4.78, 5) is 35.9. The number of hydrogen-bond acceptors (Lipinski definition) is 10. The lowest BCUT2D eigenvalue weighted by Gasteiger charge is -2.35. The van der Waals surface area contributed by atoms with Crippen molar-refractivity contribution in [1.82, 2.24) is 19.6 Å². The second-order valence-corrected chi connectivity index (χ2v) is 15.2. The fourth-order valence-corrected chi connectivity index (χ4v) is 7.56. The Bertz CT molecular complexity index is 1980. The molecule has 0 N–H and O–H groups in total. The molecule has 64 heavy (non-hydrogen) atoms. The zero-order valence-corrected chi connectivity index (χ0v) is 38.2. The van der Waals surface area contributed by atoms with Crippen molar-refractivity contribution < 1.29 is 38.0 Å². The van der Waals surface area contributed by atoms with Crippen LogP contribution in [0.15, 0.2) is 121 Å². The Balaban J connectivity index is 1.10. The molecule has 0 radical (unpaired) electrons. The normalized spacial score (nSPS) is 13.5. The third-order valence-electron chi connectivity index (χ3n) is 11.0. The van der Waals surface area contributed by atoms with E-state index in [1.807, 2.05) is 94.8 Å². The minimum absolute atomic E-state index is 0.0365. The quantitative estimate of drug-likeness (QED) is 0.0508. The number of hydrogen-bond donors (Lipinski definition) is 0. The van der Waals surface area contributed by atoms with Gasteiger partial charge in [-0.05, 0) is 72.5 Å². The SMILES string of the molecule is COc1cc(/C=C/C=C/C(=O)N(CCCN2CCN(CCCN(Cc3ccccc3)C(=O)/C=C/C=C/c3cc(OC)c(OC)c(OC)c3)CC2)Cc2ccccc2)cc(OC)c1OC. The van der Waals surface area contributed by atoms with Crippen LogP contribution in [-0.2, 0) is 22.7 Å². The molecule has 0 spiro atoms. The molecule has 12 nitrogen and oxygen atoms in total. The third kappa shape index (κ3) is 14.8. The summed E-state index contributed by atoms with van der Waals surface area (Å²) in [5.74, 6) is 3.25. The van der Waals surface area contributed by atoms with Crippen LogP contribution >= 0.6 is 0 Å². The van der Waals surface area contributed by atoms with Crippen LogP contribution in [0.25, 0.3) is 12.2 Å². The second-order valence-electron chi connectivity index (χ2n) is 15.2. The minimum Gasteiger partial charge on any atom is -0.493 e. The number of methoxy groups -OCH3 is 6. The Kier molecular flexibility index (Phi) is 19.9. The summed E-state index contributed by atoms with van der Waals surface area (Å²) in [6.45, 7) is 8.06. The van der Waals surface area contributed by atoms with E-state index in [4.69, 9.17) is 28.4 Å². The van der Waals surface area contributed by atoms with Crippen molar-refractivity contribution in [1.29, 1.82) is 0 Å². The van der Waals surface area contributed by atoms with Crippen LogP contribution in [0.5, 0.6) is 34.5 Å². The molecule has 0 unspecified atom stereocenters. The number of nitrogens with zero attached hydrogens (tertiary/aromatic N) is 4. The second kappa shape index (κ2) is 26.2. The van der Waals surface area contributed by atoms with E-state index < -0.39 is 0 Å². The highest BCUT2D eigenvalue weighted by atomic mass is 16.5. The van der Waals surface area contributed by atoms with Gasteiger partial charge in [0.15, 0.2) is 23.0 Å². The molecular formula is C52H64N4O8. The topological polar surface area (TPSA) is 102 Å². The molecule has 5 rings (SSSR count). The van der Waals surface area contributed by atoms with Gasteiger partial charge in [-0.15, -0.1) is 0 Å². The number of benzene rings is 4. The molecule has 0 atom stereocenters. The molecule has 4 aromatic rings. The van der Waals surface area contributed by atoms with Crippen LogP contribution in [0, 0.1) is 0 Å². The van der Waals surface area contributed by atoms with Gasteiger partial charge in [0.1, 0.15) is 0 Å². The van der Waals surface area contributed by atoms with Gasteiger partial charge in [-0.2, -0.15) is 0 Å². The molecule has 1 aliphatic rings. The Morgan fingerprint density at radius 1 is 0.500 bits per heavy atom. The summed E-state index contributed by atoms with van der Waals surface area (Å²) in [5.41, 5.74) is 3.90. The number of carbonyl (C=O) groups excluding carboxylic acids is 2. The van der Waals surface area contributed by atoms with E-state index >= 15 is 0 Å². The van der Waals surface area contributed by atoms with Gasteiger partial charge < -0.3 is 48.0 Å². The maximum atomic E-state index is 13.5. The van der Waals surface area contributed by atoms with Crippen LogP contribution < -0.4 is 28.4 Å². The first-order valence-corrected chi connectivity index (χ1v) is 21.7. The molecule has 1 aliphatic heterocycles. The largest absolute Gasteiger partial charge is 0.493 e. The molecule has 4 aromatic carbocycles. The number of amides is 2. The van der Waals surface area contributed by atoms with E-state index in [0.29, 0.717) is 60.7 Å². The average molecular weight is 873 g/mol. The minimum atomic E-state index is -0.0365. The van der Waals surface area contributed by atoms with E-state index in [1.165, 1.54) is 0 Å². The van der Waals surface area contributed by atoms with E-state index in [-0.39, 0.29) is 11.8 Å². The highest BCUT2D eigenvalue weighted by Crippen LogP contribution is 2.39. The van der Waals surface area contributed by atoms with Gasteiger partial charge in [-0.25, -0.2) is 0 Å². The van der Waals surface area contributed by atoms with Crippen molar-refractivity contribution in [2.24, 2.45) is 0 Å². The fourth-order valence-electron chi connectivity index (χ4n) is 7.56. The Labute approximate surface area is 379 Å². The summed E-state index contributed by atoms with van der Waals surface area (Å²) in [7, 11) is 9.49. The van der Waals surface area contributed by atoms with Crippen molar-refractivity contribution in [3.05, 3.63) is 144 Å². The van der Waals surface area contributed by atoms with Gasteiger partial charge in [0.25, 0.3) is 0 Å². The molecule has 340 valence electrons. The van der Waals surface area contributed by atoms with Crippen LogP contribution in [0.2, 0.25) is 0 Å². The van der Waals surface area contributed by atoms with Gasteiger partial charge in [-0.1, -0.05) is 97.1 Å². The predicted octanol–water partition coefficient (Wildman–Crippen LogP) is 8.03. The molecule has 0 saturated carbocycles. The van der Waals surface area contributed by atoms with Crippen molar-refractivity contribution in [3.8, 4) is 34.5 Å². The highest BCUT2D eigenvalue weighted by Gasteiger charge is 2.19. The molecule has 0 bridgehead atoms. The summed E-state index contributed by atoms with van der Waals surface area (Å²) < 4.78 is 32.8. The van der Waals surface area contributed by atoms with Crippen molar-refractivity contribution >= 4 is 24.0 Å². The zero-order chi connectivity index (χ0) is 45.5. The first-order chi connectivity index (χ1) is 31.3. The van der Waals surface area contributed by atoms with Crippen molar-refractivity contribution in [3.63, 3.8) is 0 Å². The lowest BCUT2D eigenvalue weighted by molar-refractivity contribution is -0.127. The maximum Gasteiger partial charge on any atom is 0.246 e. The van der Waals surface area contributed by atoms with E-state index in [1.54, 1.807) is 67.0 Å². The predicted molar refractivity (Wildman–Crippen MR) is 254 cm³/mol. The van der Waals surface area contributed by atoms with Gasteiger partial charge in [0, 0.05) is 64.5 Å². The van der Waals surface area contributed by atoms with Gasteiger partial charge >= 0.3 is 0 Å². The third-order valence-corrected chi connectivity index (χ3v) is 11.0. The van der Waals surface area contributed by atoms with Gasteiger partial charge in [0.2, 0.25) is 23.3 Å². The van der Waals surface area contributed by atoms with E-state index in [2.05, 4.69) is 34.1 Å². The molecule has 12 heteroatoms. The molecule has 0 aromatic heterocycles. The number of ether oxygens (including phenoxy) is 6. The summed E-state index contributed by atoms with van der Waals surface area (Å²) in [5, 5.41) is 0. The molecule has 1 heterocycles. The van der Waals surface area contributed by atoms with Crippen molar-refractivity contribution in [2.45, 2.75) is 25.9 Å². The summed E-state index contributed by atoms with van der Waals surface area (Å²) >= 11 is 0. The van der Waals surface area contributed by atoms with Crippen LogP contribution in [0.3, 0.4) is 0 Å². The first kappa shape index (κ1) is 48.5. The molecule has 0 aliphatic carbocycles. The molecular weight excluding hydrogens is 809 g/mol. The van der Waals surface area contributed by atoms with Crippen LogP contribution in [-0.4, -0.2) is 126 Å². The number of allylic oxidation sites excluding steroid dienone is 4. The van der Waals surface area contributed by atoms with Crippen LogP contribution in [0.4, 0.5) is 0 Å². The van der Waals surface area contributed by atoms with E-state index in [9.17, 15) is 9.59 Å². The lowest BCUT2D eigenvalue weighted by atomic mass is 10.1. The molecule has 1 saturated heterocycles. The smallest absolute Gasteiger partial charge is 0.246 e. The molecule has 2 amide bonds. The molecule has 1 fully saturated rings.